The molecule has 0 amide bonds. The third kappa shape index (κ3) is 9.53. The first kappa shape index (κ1) is 52.1. The van der Waals surface area contributed by atoms with Gasteiger partial charge in [-0.25, -0.2) is 29.9 Å². The van der Waals surface area contributed by atoms with Crippen molar-refractivity contribution in [1.82, 2.24) is 29.9 Å². The minimum atomic E-state index is 0.573. The van der Waals surface area contributed by atoms with Gasteiger partial charge in [0.15, 0.2) is 34.9 Å². The van der Waals surface area contributed by atoms with E-state index in [0.717, 1.165) is 115 Å². The Kier molecular flexibility index (Phi) is 12.7. The van der Waals surface area contributed by atoms with Gasteiger partial charge in [0.2, 0.25) is 0 Å². The zero-order chi connectivity index (χ0) is 59.5. The van der Waals surface area contributed by atoms with Gasteiger partial charge in [0.1, 0.15) is 22.3 Å². The molecule has 0 saturated carbocycles. The van der Waals surface area contributed by atoms with Crippen molar-refractivity contribution in [3.05, 3.63) is 303 Å². The number of para-hydroxylation sites is 2. The van der Waals surface area contributed by atoms with Crippen molar-refractivity contribution in [2.24, 2.45) is 0 Å². The van der Waals surface area contributed by atoms with Crippen molar-refractivity contribution < 1.29 is 8.83 Å². The lowest BCUT2D eigenvalue weighted by atomic mass is 10.0. The van der Waals surface area contributed by atoms with E-state index < -0.39 is 0 Å². The molecule has 0 aliphatic rings. The Hall–Kier alpha value is -12.3. The van der Waals surface area contributed by atoms with Crippen molar-refractivity contribution in [2.75, 3.05) is 0 Å². The highest BCUT2D eigenvalue weighted by Crippen LogP contribution is 2.41. The van der Waals surface area contributed by atoms with Crippen LogP contribution in [0.4, 0.5) is 0 Å². The topological polar surface area (TPSA) is 104 Å². The fraction of sp³-hybridized carbons (Fsp3) is 0. The van der Waals surface area contributed by atoms with E-state index in [4.69, 9.17) is 38.7 Å². The van der Waals surface area contributed by atoms with E-state index in [1.165, 1.54) is 27.3 Å². The highest BCUT2D eigenvalue weighted by atomic mass is 16.3. The Morgan fingerprint density at radius 1 is 0.178 bits per heavy atom. The first-order chi connectivity index (χ1) is 44.5. The Bertz CT molecular complexity index is 5770. The second kappa shape index (κ2) is 21.9. The SMILES string of the molecule is c1ccc(-c2ccc(-c3nc(-c4ccc5ccccc5c4)nc(-c4cccc5c4oc4cc6ccccc6cc45)n3)cc2)cc1.c1ccc(-c2ccc(-c3nc(-c4cccc5ccccc45)nc(-c4cccc5c4oc4cc6ccccc6cc45)n3)cc2)cc1. The van der Waals surface area contributed by atoms with Crippen LogP contribution in [-0.2, 0) is 0 Å². The van der Waals surface area contributed by atoms with E-state index in [1.54, 1.807) is 0 Å². The summed E-state index contributed by atoms with van der Waals surface area (Å²) in [6.07, 6.45) is 0. The van der Waals surface area contributed by atoms with Gasteiger partial charge in [0.05, 0.1) is 11.1 Å². The standard InChI is InChI=1S/2C41H25N3O/c1-2-10-26(11-3-1)27-20-22-29(23-21-27)39-42-40(34-18-8-15-28-12-6-7-16-32(28)34)44-41(43-39)35-19-9-17-33-36-24-30-13-4-5-14-31(30)25-37(36)45-38(33)35;1-2-9-26(10-3-1)28-17-20-29(21-18-28)39-42-40(33-22-19-27-11-4-5-12-30(27)23-33)44-41(43-39)35-16-8-15-34-36-24-31-13-6-7-14-32(31)25-37(36)45-38(34)35/h2*1-25H. The molecule has 0 radical (unpaired) electrons. The second-order valence-electron chi connectivity index (χ2n) is 22.5. The van der Waals surface area contributed by atoms with Crippen molar-refractivity contribution in [1.29, 1.82) is 0 Å². The summed E-state index contributed by atoms with van der Waals surface area (Å²) in [6.45, 7) is 0. The molecule has 0 N–H and O–H groups in total. The lowest BCUT2D eigenvalue weighted by molar-refractivity contribution is 0.669. The minimum absolute atomic E-state index is 0.573. The Labute approximate surface area is 516 Å². The summed E-state index contributed by atoms with van der Waals surface area (Å²) < 4.78 is 13.1. The van der Waals surface area contributed by atoms with Crippen LogP contribution in [0, 0.1) is 0 Å². The van der Waals surface area contributed by atoms with E-state index in [2.05, 4.69) is 279 Å². The normalized spacial score (nSPS) is 11.6. The van der Waals surface area contributed by atoms with Crippen LogP contribution in [0.1, 0.15) is 0 Å². The molecule has 4 heterocycles. The van der Waals surface area contributed by atoms with E-state index in [1.807, 2.05) is 24.3 Å². The van der Waals surface area contributed by atoms with E-state index in [9.17, 15) is 0 Å². The van der Waals surface area contributed by atoms with Crippen LogP contribution in [0.5, 0.6) is 0 Å². The molecular weight excluding hydrogens is 1100 g/mol. The third-order valence-electron chi connectivity index (χ3n) is 17.0. The van der Waals surface area contributed by atoms with E-state index in [-0.39, 0.29) is 0 Å². The highest BCUT2D eigenvalue weighted by molar-refractivity contribution is 6.14. The molecule has 0 unspecified atom stereocenters. The van der Waals surface area contributed by atoms with Crippen molar-refractivity contribution in [2.45, 2.75) is 0 Å². The third-order valence-corrected chi connectivity index (χ3v) is 17.0. The van der Waals surface area contributed by atoms with Gasteiger partial charge in [0, 0.05) is 43.8 Å². The molecule has 0 fully saturated rings. The zero-order valence-electron chi connectivity index (χ0n) is 48.4. The van der Waals surface area contributed by atoms with E-state index >= 15 is 0 Å². The van der Waals surface area contributed by atoms with E-state index in [0.29, 0.717) is 34.9 Å². The van der Waals surface area contributed by atoms with Gasteiger partial charge < -0.3 is 8.83 Å². The van der Waals surface area contributed by atoms with Crippen LogP contribution in [0.3, 0.4) is 0 Å². The quantitative estimate of drug-likeness (QED) is 0.148. The molecule has 18 rings (SSSR count). The van der Waals surface area contributed by atoms with Crippen molar-refractivity contribution in [3.8, 4) is 90.6 Å². The number of aromatic nitrogens is 6. The van der Waals surface area contributed by atoms with Gasteiger partial charge in [-0.3, -0.25) is 0 Å². The van der Waals surface area contributed by atoms with Gasteiger partial charge >= 0.3 is 0 Å². The molecule has 0 aliphatic carbocycles. The zero-order valence-corrected chi connectivity index (χ0v) is 48.4. The average molecular weight is 1150 g/mol. The molecule has 14 aromatic carbocycles. The lowest BCUT2D eigenvalue weighted by Crippen LogP contribution is -2.00. The van der Waals surface area contributed by atoms with Crippen molar-refractivity contribution in [3.63, 3.8) is 0 Å². The van der Waals surface area contributed by atoms with Gasteiger partial charge in [0.25, 0.3) is 0 Å². The molecule has 0 aliphatic heterocycles. The molecule has 0 atom stereocenters. The number of hydrogen-bond donors (Lipinski definition) is 0. The summed E-state index contributed by atoms with van der Waals surface area (Å²) in [7, 11) is 0. The van der Waals surface area contributed by atoms with Gasteiger partial charge in [-0.05, 0) is 108 Å². The number of benzene rings is 14. The predicted molar refractivity (Wildman–Crippen MR) is 368 cm³/mol. The summed E-state index contributed by atoms with van der Waals surface area (Å²) in [5.41, 5.74) is 13.2. The Morgan fingerprint density at radius 3 is 1.01 bits per heavy atom. The molecule has 18 aromatic rings. The summed E-state index contributed by atoms with van der Waals surface area (Å²) in [4.78, 5) is 30.4. The molecule has 4 aromatic heterocycles. The second-order valence-corrected chi connectivity index (χ2v) is 22.5. The predicted octanol–water partition coefficient (Wildman–Crippen LogP) is 21.5. The monoisotopic (exact) mass is 1150 g/mol. The maximum Gasteiger partial charge on any atom is 0.167 e. The maximum absolute atomic E-state index is 6.57. The van der Waals surface area contributed by atoms with Gasteiger partial charge in [-0.2, -0.15) is 0 Å². The first-order valence-electron chi connectivity index (χ1n) is 30.1. The average Bonchev–Trinajstić information content (AvgIpc) is 2.79. The highest BCUT2D eigenvalue weighted by Gasteiger charge is 2.21. The number of fused-ring (bicyclic) bond motifs is 10. The van der Waals surface area contributed by atoms with Crippen molar-refractivity contribution >= 4 is 87.0 Å². The number of hydrogen-bond acceptors (Lipinski definition) is 8. The molecule has 0 bridgehead atoms. The van der Waals surface area contributed by atoms with Crippen LogP contribution < -0.4 is 0 Å². The number of furan rings is 2. The largest absolute Gasteiger partial charge is 0.455 e. The molecule has 90 heavy (non-hydrogen) atoms. The molecule has 8 nitrogen and oxygen atoms in total. The number of nitrogens with zero attached hydrogens (tertiary/aromatic N) is 6. The minimum Gasteiger partial charge on any atom is -0.455 e. The molecule has 0 spiro atoms. The van der Waals surface area contributed by atoms with Crippen LogP contribution in [-0.4, -0.2) is 29.9 Å². The Morgan fingerprint density at radius 2 is 0.500 bits per heavy atom. The first-order valence-corrected chi connectivity index (χ1v) is 30.1. The summed E-state index contributed by atoms with van der Waals surface area (Å²) in [5.74, 6) is 3.61. The fourth-order valence-electron chi connectivity index (χ4n) is 12.5. The molecular formula is C82H50N6O2. The van der Waals surface area contributed by atoms with Crippen LogP contribution >= 0.6 is 0 Å². The van der Waals surface area contributed by atoms with Crippen LogP contribution in [0.25, 0.3) is 178 Å². The summed E-state index contributed by atoms with van der Waals surface area (Å²) >= 11 is 0. The maximum atomic E-state index is 6.57. The molecule has 0 saturated heterocycles. The molecule has 8 heteroatoms. The van der Waals surface area contributed by atoms with Gasteiger partial charge in [-0.15, -0.1) is 0 Å². The smallest absolute Gasteiger partial charge is 0.167 e. The Balaban J connectivity index is 0.000000139. The fourth-order valence-corrected chi connectivity index (χ4v) is 12.5. The van der Waals surface area contributed by atoms with Gasteiger partial charge in [-0.1, -0.05) is 261 Å². The molecule has 420 valence electrons. The number of rotatable bonds is 8. The summed E-state index contributed by atoms with van der Waals surface area (Å²) in [5, 5.41) is 13.4. The summed E-state index contributed by atoms with van der Waals surface area (Å²) in [6, 6.07) is 105. The van der Waals surface area contributed by atoms with Crippen LogP contribution in [0.15, 0.2) is 312 Å². The van der Waals surface area contributed by atoms with Crippen LogP contribution in [0.2, 0.25) is 0 Å². The lowest BCUT2D eigenvalue weighted by Gasteiger charge is -2.11.